The minimum atomic E-state index is -0.224. The van der Waals surface area contributed by atoms with Crippen molar-refractivity contribution in [1.29, 1.82) is 0 Å². The number of nitrogens with zero attached hydrogens (tertiary/aromatic N) is 2. The maximum Gasteiger partial charge on any atom is 0.344 e. The summed E-state index contributed by atoms with van der Waals surface area (Å²) in [5.41, 5.74) is 0.373. The second-order valence-electron chi connectivity index (χ2n) is 4.18. The van der Waals surface area contributed by atoms with Gasteiger partial charge in [0.25, 0.3) is 0 Å². The average molecular weight is 342 g/mol. The highest BCUT2D eigenvalue weighted by Crippen LogP contribution is 2.33. The van der Waals surface area contributed by atoms with Crippen LogP contribution in [0.2, 0.25) is 0 Å². The SMILES string of the molecule is CC(C)n1c(Sc2ccc(C=O)cc2Br)n[nH]c1=O. The van der Waals surface area contributed by atoms with Crippen LogP contribution in [0.15, 0.2) is 37.5 Å². The van der Waals surface area contributed by atoms with Crippen molar-refractivity contribution in [3.05, 3.63) is 38.7 Å². The second-order valence-corrected chi connectivity index (χ2v) is 6.05. The summed E-state index contributed by atoms with van der Waals surface area (Å²) in [6.07, 6.45) is 0.789. The molecule has 1 aromatic heterocycles. The fourth-order valence-corrected chi connectivity index (χ4v) is 3.20. The number of nitrogens with one attached hydrogen (secondary N) is 1. The molecule has 100 valence electrons. The van der Waals surface area contributed by atoms with E-state index in [9.17, 15) is 9.59 Å². The second kappa shape index (κ2) is 5.75. The molecular formula is C12H12BrN3O2S. The third-order valence-corrected chi connectivity index (χ3v) is 4.45. The molecule has 0 amide bonds. The minimum Gasteiger partial charge on any atom is -0.298 e. The van der Waals surface area contributed by atoms with Crippen molar-refractivity contribution in [2.45, 2.75) is 29.9 Å². The van der Waals surface area contributed by atoms with Crippen LogP contribution in [0.5, 0.6) is 0 Å². The Balaban J connectivity index is 2.36. The zero-order valence-electron chi connectivity index (χ0n) is 10.4. The third-order valence-electron chi connectivity index (χ3n) is 2.48. The number of halogens is 1. The fraction of sp³-hybridized carbons (Fsp3) is 0.250. The first-order valence-corrected chi connectivity index (χ1v) is 7.23. The molecule has 0 spiro atoms. The molecule has 0 bridgehead atoms. The third kappa shape index (κ3) is 2.98. The Hall–Kier alpha value is -1.34. The summed E-state index contributed by atoms with van der Waals surface area (Å²) in [6.45, 7) is 3.84. The average Bonchev–Trinajstić information content (AvgIpc) is 2.73. The van der Waals surface area contributed by atoms with Gasteiger partial charge >= 0.3 is 5.69 Å². The van der Waals surface area contributed by atoms with Crippen LogP contribution in [-0.4, -0.2) is 21.1 Å². The number of carbonyl (C=O) groups is 1. The largest absolute Gasteiger partial charge is 0.344 e. The molecule has 1 heterocycles. The van der Waals surface area contributed by atoms with Crippen molar-refractivity contribution in [3.8, 4) is 0 Å². The van der Waals surface area contributed by atoms with Crippen LogP contribution in [0.1, 0.15) is 30.2 Å². The molecule has 0 aliphatic carbocycles. The zero-order chi connectivity index (χ0) is 14.0. The summed E-state index contributed by atoms with van der Waals surface area (Å²) < 4.78 is 2.39. The zero-order valence-corrected chi connectivity index (χ0v) is 12.8. The van der Waals surface area contributed by atoms with Crippen LogP contribution in [0.3, 0.4) is 0 Å². The molecule has 2 rings (SSSR count). The first-order chi connectivity index (χ1) is 9.02. The normalized spacial score (nSPS) is 10.9. The lowest BCUT2D eigenvalue weighted by molar-refractivity contribution is 0.112. The molecule has 7 heteroatoms. The van der Waals surface area contributed by atoms with E-state index in [1.807, 2.05) is 19.9 Å². The Morgan fingerprint density at radius 3 is 2.79 bits per heavy atom. The van der Waals surface area contributed by atoms with Crippen molar-refractivity contribution < 1.29 is 4.79 Å². The van der Waals surface area contributed by atoms with Gasteiger partial charge in [0.05, 0.1) is 0 Å². The van der Waals surface area contributed by atoms with E-state index in [4.69, 9.17) is 0 Å². The summed E-state index contributed by atoms with van der Waals surface area (Å²) in [5, 5.41) is 7.06. The Morgan fingerprint density at radius 2 is 2.21 bits per heavy atom. The van der Waals surface area contributed by atoms with Gasteiger partial charge in [-0.1, -0.05) is 6.07 Å². The summed E-state index contributed by atoms with van der Waals surface area (Å²) in [4.78, 5) is 23.2. The molecule has 0 aliphatic heterocycles. The van der Waals surface area contributed by atoms with Gasteiger partial charge in [-0.05, 0) is 53.7 Å². The Labute approximate surface area is 122 Å². The van der Waals surface area contributed by atoms with Crippen molar-refractivity contribution in [2.24, 2.45) is 0 Å². The number of rotatable bonds is 4. The Morgan fingerprint density at radius 1 is 1.47 bits per heavy atom. The molecule has 5 nitrogen and oxygen atoms in total. The van der Waals surface area contributed by atoms with Crippen LogP contribution in [0, 0.1) is 0 Å². The number of hydrogen-bond donors (Lipinski definition) is 1. The van der Waals surface area contributed by atoms with E-state index in [1.54, 1.807) is 16.7 Å². The van der Waals surface area contributed by atoms with Crippen LogP contribution in [-0.2, 0) is 0 Å². The van der Waals surface area contributed by atoms with E-state index in [-0.39, 0.29) is 11.7 Å². The van der Waals surface area contributed by atoms with Gasteiger partial charge in [0.15, 0.2) is 5.16 Å². The molecule has 1 N–H and O–H groups in total. The molecule has 2 aromatic rings. The maximum atomic E-state index is 11.6. The van der Waals surface area contributed by atoms with E-state index >= 15 is 0 Å². The highest BCUT2D eigenvalue weighted by atomic mass is 79.9. The maximum absolute atomic E-state index is 11.6. The summed E-state index contributed by atoms with van der Waals surface area (Å²) >= 11 is 4.78. The van der Waals surface area contributed by atoms with Crippen molar-refractivity contribution in [3.63, 3.8) is 0 Å². The predicted molar refractivity (Wildman–Crippen MR) is 76.9 cm³/mol. The summed E-state index contributed by atoms with van der Waals surface area (Å²) in [5.74, 6) is 0. The molecular weight excluding hydrogens is 330 g/mol. The van der Waals surface area contributed by atoms with E-state index in [0.29, 0.717) is 10.7 Å². The van der Waals surface area contributed by atoms with Gasteiger partial charge in [-0.15, -0.1) is 5.10 Å². The lowest BCUT2D eigenvalue weighted by Crippen LogP contribution is -2.19. The number of aromatic amines is 1. The first-order valence-electron chi connectivity index (χ1n) is 5.62. The van der Waals surface area contributed by atoms with Crippen LogP contribution in [0.25, 0.3) is 0 Å². The van der Waals surface area contributed by atoms with Gasteiger partial charge in [-0.2, -0.15) is 0 Å². The topological polar surface area (TPSA) is 67.8 Å². The Kier molecular flexibility index (Phi) is 4.26. The molecule has 0 saturated carbocycles. The smallest absolute Gasteiger partial charge is 0.298 e. The lowest BCUT2D eigenvalue weighted by Gasteiger charge is -2.09. The van der Waals surface area contributed by atoms with Crippen molar-refractivity contribution in [2.75, 3.05) is 0 Å². The molecule has 19 heavy (non-hydrogen) atoms. The standard InChI is InChI=1S/C12H12BrN3O2S/c1-7(2)16-11(18)14-15-12(16)19-10-4-3-8(6-17)5-9(10)13/h3-7H,1-2H3,(H,14,18). The van der Waals surface area contributed by atoms with E-state index in [0.717, 1.165) is 15.7 Å². The highest BCUT2D eigenvalue weighted by Gasteiger charge is 2.14. The van der Waals surface area contributed by atoms with Crippen molar-refractivity contribution >= 4 is 34.0 Å². The molecule has 0 saturated heterocycles. The number of H-pyrrole nitrogens is 1. The first kappa shape index (κ1) is 14.1. The quantitative estimate of drug-likeness (QED) is 0.868. The van der Waals surface area contributed by atoms with Crippen LogP contribution >= 0.6 is 27.7 Å². The van der Waals surface area contributed by atoms with Gasteiger partial charge < -0.3 is 0 Å². The fourth-order valence-electron chi connectivity index (χ4n) is 1.59. The molecule has 1 aromatic carbocycles. The number of aldehydes is 1. The highest BCUT2D eigenvalue weighted by molar-refractivity contribution is 9.10. The van der Waals surface area contributed by atoms with E-state index in [2.05, 4.69) is 26.1 Å². The molecule has 0 radical (unpaired) electrons. The van der Waals surface area contributed by atoms with Crippen LogP contribution < -0.4 is 5.69 Å². The number of carbonyl (C=O) groups excluding carboxylic acids is 1. The van der Waals surface area contributed by atoms with Gasteiger partial charge in [-0.3, -0.25) is 9.36 Å². The molecule has 0 unspecified atom stereocenters. The molecule has 0 fully saturated rings. The van der Waals surface area contributed by atoms with E-state index in [1.165, 1.54) is 11.8 Å². The van der Waals surface area contributed by atoms with E-state index < -0.39 is 0 Å². The summed E-state index contributed by atoms with van der Waals surface area (Å²) in [6, 6.07) is 5.31. The van der Waals surface area contributed by atoms with Gasteiger partial charge in [0, 0.05) is 21.0 Å². The lowest BCUT2D eigenvalue weighted by atomic mass is 10.2. The van der Waals surface area contributed by atoms with Gasteiger partial charge in [-0.25, -0.2) is 9.89 Å². The number of benzene rings is 1. The molecule has 0 atom stereocenters. The number of hydrogen-bond acceptors (Lipinski definition) is 4. The molecule has 0 aliphatic rings. The Bertz CT molecular complexity index is 663. The monoisotopic (exact) mass is 341 g/mol. The minimum absolute atomic E-state index is 0.0294. The van der Waals surface area contributed by atoms with Gasteiger partial charge in [0.2, 0.25) is 0 Å². The van der Waals surface area contributed by atoms with Crippen molar-refractivity contribution in [1.82, 2.24) is 14.8 Å². The van der Waals surface area contributed by atoms with Crippen LogP contribution in [0.4, 0.5) is 0 Å². The summed E-state index contributed by atoms with van der Waals surface area (Å²) in [7, 11) is 0. The predicted octanol–water partition coefficient (Wildman–Crippen LogP) is 2.88. The number of aromatic nitrogens is 3. The van der Waals surface area contributed by atoms with Gasteiger partial charge in [0.1, 0.15) is 6.29 Å².